The van der Waals surface area contributed by atoms with Crippen LogP contribution in [0.25, 0.3) is 0 Å². The van der Waals surface area contributed by atoms with Gasteiger partial charge >= 0.3 is 0 Å². The van der Waals surface area contributed by atoms with Crippen molar-refractivity contribution in [3.63, 3.8) is 0 Å². The second kappa shape index (κ2) is 6.44. The Bertz CT molecular complexity index is 886. The van der Waals surface area contributed by atoms with Gasteiger partial charge in [-0.05, 0) is 28.8 Å². The summed E-state index contributed by atoms with van der Waals surface area (Å²) in [5.41, 5.74) is 1.47. The number of aromatic nitrogens is 1. The maximum absolute atomic E-state index is 13.6. The van der Waals surface area contributed by atoms with E-state index in [0.717, 1.165) is 16.7 Å². The smallest absolute Gasteiger partial charge is 0.264 e. The molecule has 5 heteroatoms. The zero-order chi connectivity index (χ0) is 18.0. The summed E-state index contributed by atoms with van der Waals surface area (Å²) in [5, 5.41) is 11.6. The van der Waals surface area contributed by atoms with Gasteiger partial charge in [0.1, 0.15) is 0 Å². The Morgan fingerprint density at radius 2 is 1.42 bits per heavy atom. The molecule has 4 rings (SSSR count). The first-order valence-corrected chi connectivity index (χ1v) is 8.40. The van der Waals surface area contributed by atoms with Crippen LogP contribution in [0.5, 0.6) is 0 Å². The van der Waals surface area contributed by atoms with Gasteiger partial charge in [0.15, 0.2) is 11.5 Å². The molecular formula is C21H18N4O. The summed E-state index contributed by atoms with van der Waals surface area (Å²) in [6.45, 7) is 0.328. The SMILES string of the molecule is N=C1NC(c2ccccc2)(c2ccccc2)C(=O)N1Cc1ccncc1. The van der Waals surface area contributed by atoms with Crippen molar-refractivity contribution in [2.45, 2.75) is 12.1 Å². The van der Waals surface area contributed by atoms with Gasteiger partial charge in [-0.3, -0.25) is 20.1 Å². The van der Waals surface area contributed by atoms with E-state index in [4.69, 9.17) is 5.41 Å². The van der Waals surface area contributed by atoms with Crippen LogP contribution in [-0.2, 0) is 16.9 Å². The van der Waals surface area contributed by atoms with E-state index in [1.54, 1.807) is 12.4 Å². The maximum atomic E-state index is 13.6. The third kappa shape index (κ3) is 2.54. The molecule has 3 aromatic rings. The van der Waals surface area contributed by atoms with Gasteiger partial charge < -0.3 is 5.32 Å². The first kappa shape index (κ1) is 16.0. The van der Waals surface area contributed by atoms with Gasteiger partial charge in [0.25, 0.3) is 5.91 Å². The molecule has 0 spiro atoms. The molecule has 0 radical (unpaired) electrons. The normalized spacial score (nSPS) is 15.8. The minimum Gasteiger partial charge on any atom is -0.334 e. The highest BCUT2D eigenvalue weighted by Gasteiger charge is 2.51. The van der Waals surface area contributed by atoms with Crippen LogP contribution < -0.4 is 5.32 Å². The number of hydrogen-bond donors (Lipinski definition) is 2. The van der Waals surface area contributed by atoms with Crippen molar-refractivity contribution >= 4 is 11.9 Å². The molecule has 5 nitrogen and oxygen atoms in total. The molecule has 0 atom stereocenters. The van der Waals surface area contributed by atoms with E-state index in [1.807, 2.05) is 72.8 Å². The lowest BCUT2D eigenvalue weighted by molar-refractivity contribution is -0.130. The molecule has 0 bridgehead atoms. The van der Waals surface area contributed by atoms with Crippen LogP contribution in [0.15, 0.2) is 85.2 Å². The Labute approximate surface area is 151 Å². The second-order valence-electron chi connectivity index (χ2n) is 6.20. The summed E-state index contributed by atoms with van der Waals surface area (Å²) in [4.78, 5) is 19.0. The van der Waals surface area contributed by atoms with Crippen molar-refractivity contribution in [2.75, 3.05) is 0 Å². The van der Waals surface area contributed by atoms with E-state index in [1.165, 1.54) is 4.90 Å². The minimum atomic E-state index is -1.09. The van der Waals surface area contributed by atoms with E-state index < -0.39 is 5.54 Å². The number of carbonyl (C=O) groups excluding carboxylic acids is 1. The summed E-state index contributed by atoms with van der Waals surface area (Å²) in [6.07, 6.45) is 3.38. The summed E-state index contributed by atoms with van der Waals surface area (Å²) in [7, 11) is 0. The minimum absolute atomic E-state index is 0.0968. The Hall–Kier alpha value is -3.47. The van der Waals surface area contributed by atoms with Crippen molar-refractivity contribution in [3.05, 3.63) is 102 Å². The highest BCUT2D eigenvalue weighted by molar-refractivity contribution is 6.10. The van der Waals surface area contributed by atoms with Crippen LogP contribution in [0.2, 0.25) is 0 Å². The van der Waals surface area contributed by atoms with Crippen molar-refractivity contribution in [3.8, 4) is 0 Å². The van der Waals surface area contributed by atoms with E-state index >= 15 is 0 Å². The molecule has 26 heavy (non-hydrogen) atoms. The molecule has 1 amide bonds. The number of rotatable bonds is 4. The summed E-state index contributed by atoms with van der Waals surface area (Å²) < 4.78 is 0. The molecule has 1 aliphatic heterocycles. The Morgan fingerprint density at radius 1 is 0.885 bits per heavy atom. The Kier molecular flexibility index (Phi) is 3.97. The van der Waals surface area contributed by atoms with Gasteiger partial charge in [0, 0.05) is 12.4 Å². The van der Waals surface area contributed by atoms with Crippen LogP contribution in [-0.4, -0.2) is 21.8 Å². The number of nitrogens with zero attached hydrogens (tertiary/aromatic N) is 2. The summed E-state index contributed by atoms with van der Waals surface area (Å²) >= 11 is 0. The molecule has 0 unspecified atom stereocenters. The van der Waals surface area contributed by atoms with Gasteiger partial charge in [-0.1, -0.05) is 60.7 Å². The number of pyridine rings is 1. The molecule has 1 aromatic heterocycles. The fourth-order valence-electron chi connectivity index (χ4n) is 3.36. The maximum Gasteiger partial charge on any atom is 0.264 e. The zero-order valence-electron chi connectivity index (χ0n) is 14.1. The van der Waals surface area contributed by atoms with Crippen LogP contribution in [0.3, 0.4) is 0 Å². The largest absolute Gasteiger partial charge is 0.334 e. The van der Waals surface area contributed by atoms with Gasteiger partial charge in [0.2, 0.25) is 0 Å². The lowest BCUT2D eigenvalue weighted by Crippen LogP contribution is -2.45. The van der Waals surface area contributed by atoms with Gasteiger partial charge in [0.05, 0.1) is 6.54 Å². The molecule has 1 saturated heterocycles. The summed E-state index contributed by atoms with van der Waals surface area (Å²) in [6, 6.07) is 22.8. The van der Waals surface area contributed by atoms with Crippen molar-refractivity contribution in [1.82, 2.24) is 15.2 Å². The summed E-state index contributed by atoms with van der Waals surface area (Å²) in [5.74, 6) is -0.0590. The fourth-order valence-corrected chi connectivity index (χ4v) is 3.36. The molecule has 2 heterocycles. The van der Waals surface area contributed by atoms with Gasteiger partial charge in [-0.15, -0.1) is 0 Å². The number of carbonyl (C=O) groups is 1. The van der Waals surface area contributed by atoms with Gasteiger partial charge in [-0.2, -0.15) is 0 Å². The van der Waals surface area contributed by atoms with Crippen LogP contribution in [0.4, 0.5) is 0 Å². The topological polar surface area (TPSA) is 69.1 Å². The number of hydrogen-bond acceptors (Lipinski definition) is 3. The molecule has 0 saturated carbocycles. The number of benzene rings is 2. The van der Waals surface area contributed by atoms with E-state index in [2.05, 4.69) is 10.3 Å². The number of amides is 1. The molecule has 1 aliphatic rings. The third-order valence-electron chi connectivity index (χ3n) is 4.65. The predicted molar refractivity (Wildman–Crippen MR) is 99.3 cm³/mol. The monoisotopic (exact) mass is 342 g/mol. The van der Waals surface area contributed by atoms with Crippen LogP contribution in [0, 0.1) is 5.41 Å². The van der Waals surface area contributed by atoms with Crippen molar-refractivity contribution in [1.29, 1.82) is 5.41 Å². The fraction of sp³-hybridized carbons (Fsp3) is 0.0952. The average Bonchev–Trinajstić information content (AvgIpc) is 2.96. The second-order valence-corrected chi connectivity index (χ2v) is 6.20. The number of guanidine groups is 1. The van der Waals surface area contributed by atoms with E-state index in [-0.39, 0.29) is 11.9 Å². The zero-order valence-corrected chi connectivity index (χ0v) is 14.1. The first-order chi connectivity index (χ1) is 12.7. The molecule has 0 aliphatic carbocycles. The molecular weight excluding hydrogens is 324 g/mol. The Balaban J connectivity index is 1.80. The molecule has 2 aromatic carbocycles. The molecule has 128 valence electrons. The van der Waals surface area contributed by atoms with Crippen LogP contribution >= 0.6 is 0 Å². The van der Waals surface area contributed by atoms with Gasteiger partial charge in [-0.25, -0.2) is 0 Å². The highest BCUT2D eigenvalue weighted by Crippen LogP contribution is 2.36. The van der Waals surface area contributed by atoms with Crippen molar-refractivity contribution < 1.29 is 4.79 Å². The Morgan fingerprint density at radius 3 is 1.96 bits per heavy atom. The highest BCUT2D eigenvalue weighted by atomic mass is 16.2. The lowest BCUT2D eigenvalue weighted by atomic mass is 9.82. The molecule has 2 N–H and O–H groups in total. The van der Waals surface area contributed by atoms with E-state index in [9.17, 15) is 4.79 Å². The quantitative estimate of drug-likeness (QED) is 0.766. The van der Waals surface area contributed by atoms with Crippen molar-refractivity contribution in [2.24, 2.45) is 0 Å². The van der Waals surface area contributed by atoms with Crippen LogP contribution in [0.1, 0.15) is 16.7 Å². The number of nitrogens with one attached hydrogen (secondary N) is 2. The first-order valence-electron chi connectivity index (χ1n) is 8.40. The average molecular weight is 342 g/mol. The lowest BCUT2D eigenvalue weighted by Gasteiger charge is -2.28. The van der Waals surface area contributed by atoms with E-state index in [0.29, 0.717) is 6.54 Å². The third-order valence-corrected chi connectivity index (χ3v) is 4.65. The predicted octanol–water partition coefficient (Wildman–Crippen LogP) is 2.89. The standard InChI is InChI=1S/C21H18N4O/c22-20-24-21(17-7-3-1-4-8-17,18-9-5-2-6-10-18)19(26)25(20)15-16-11-13-23-14-12-16/h1-14H,15H2,(H2,22,24). The molecule has 1 fully saturated rings.